The zero-order valence-electron chi connectivity index (χ0n) is 17.6. The molecule has 0 aliphatic heterocycles. The summed E-state index contributed by atoms with van der Waals surface area (Å²) in [5, 5.41) is 4.31. The summed E-state index contributed by atoms with van der Waals surface area (Å²) in [6.45, 7) is 3.24. The molecular weight excluding hydrogens is 416 g/mol. The van der Waals surface area contributed by atoms with E-state index in [2.05, 4.69) is 5.32 Å². The molecule has 0 spiro atoms. The van der Waals surface area contributed by atoms with Crippen LogP contribution in [-0.4, -0.2) is 39.7 Å². The van der Waals surface area contributed by atoms with Gasteiger partial charge in [0, 0.05) is 11.1 Å². The molecule has 1 amide bonds. The first-order valence-corrected chi connectivity index (χ1v) is 11.6. The first-order valence-electron chi connectivity index (χ1n) is 9.74. The lowest BCUT2D eigenvalue weighted by Gasteiger charge is -2.23. The largest absolute Gasteiger partial charge is 0.462 e. The maximum atomic E-state index is 12.8. The van der Waals surface area contributed by atoms with E-state index in [9.17, 15) is 18.0 Å². The minimum absolute atomic E-state index is 0.239. The van der Waals surface area contributed by atoms with Crippen molar-refractivity contribution in [1.29, 1.82) is 0 Å². The quantitative estimate of drug-likeness (QED) is 0.565. The lowest BCUT2D eigenvalue weighted by atomic mass is 10.1. The minimum atomic E-state index is -3.74. The molecule has 162 valence electrons. The van der Waals surface area contributed by atoms with E-state index in [1.807, 2.05) is 30.3 Å². The highest BCUT2D eigenvalue weighted by Crippen LogP contribution is 2.28. The molecule has 3 rings (SSSR count). The van der Waals surface area contributed by atoms with Crippen LogP contribution >= 0.6 is 0 Å². The summed E-state index contributed by atoms with van der Waals surface area (Å²) in [4.78, 5) is 24.9. The number of benzene rings is 3. The van der Waals surface area contributed by atoms with E-state index in [0.717, 1.165) is 21.3 Å². The molecule has 0 bridgehead atoms. The van der Waals surface area contributed by atoms with E-state index in [1.165, 1.54) is 0 Å². The summed E-state index contributed by atoms with van der Waals surface area (Å²) >= 11 is 0. The van der Waals surface area contributed by atoms with Gasteiger partial charge in [0.2, 0.25) is 15.9 Å². The van der Waals surface area contributed by atoms with Gasteiger partial charge in [-0.15, -0.1) is 0 Å². The summed E-state index contributed by atoms with van der Waals surface area (Å²) in [6.07, 6.45) is 1.06. The summed E-state index contributed by atoms with van der Waals surface area (Å²) in [6, 6.07) is 17.6. The summed E-state index contributed by atoms with van der Waals surface area (Å²) < 4.78 is 31.2. The lowest BCUT2D eigenvalue weighted by Crippen LogP contribution is -2.37. The van der Waals surface area contributed by atoms with E-state index >= 15 is 0 Å². The highest BCUT2D eigenvalue weighted by molar-refractivity contribution is 7.92. The van der Waals surface area contributed by atoms with Gasteiger partial charge in [0.1, 0.15) is 6.54 Å². The van der Waals surface area contributed by atoms with Crippen LogP contribution in [0.25, 0.3) is 10.8 Å². The van der Waals surface area contributed by atoms with Gasteiger partial charge in [0.05, 0.1) is 24.1 Å². The van der Waals surface area contributed by atoms with Crippen LogP contribution < -0.4 is 9.62 Å². The Labute approximate surface area is 181 Å². The first kappa shape index (κ1) is 22.3. The number of fused-ring (bicyclic) bond motifs is 1. The number of rotatable bonds is 7. The zero-order valence-corrected chi connectivity index (χ0v) is 18.4. The number of sulfonamides is 1. The second kappa shape index (κ2) is 9.18. The molecule has 3 aromatic carbocycles. The van der Waals surface area contributed by atoms with Crippen molar-refractivity contribution in [3.8, 4) is 0 Å². The van der Waals surface area contributed by atoms with Crippen molar-refractivity contribution in [2.45, 2.75) is 13.8 Å². The smallest absolute Gasteiger partial charge is 0.338 e. The van der Waals surface area contributed by atoms with Crippen LogP contribution in [0.4, 0.5) is 11.4 Å². The molecule has 1 N–H and O–H groups in total. The molecule has 8 heteroatoms. The van der Waals surface area contributed by atoms with Crippen molar-refractivity contribution in [1.82, 2.24) is 0 Å². The molecule has 0 atom stereocenters. The SMILES string of the molecule is CCOC(=O)c1cccc(NC(=O)CN(c2cccc3ccccc23)S(C)(=O)=O)c1C. The molecule has 0 fully saturated rings. The van der Waals surface area contributed by atoms with Crippen molar-refractivity contribution in [2.24, 2.45) is 0 Å². The Morgan fingerprint density at radius 2 is 1.68 bits per heavy atom. The second-order valence-electron chi connectivity index (χ2n) is 7.01. The molecule has 3 aromatic rings. The van der Waals surface area contributed by atoms with Gasteiger partial charge >= 0.3 is 5.97 Å². The Morgan fingerprint density at radius 3 is 2.39 bits per heavy atom. The lowest BCUT2D eigenvalue weighted by molar-refractivity contribution is -0.114. The minimum Gasteiger partial charge on any atom is -0.462 e. The van der Waals surface area contributed by atoms with E-state index in [-0.39, 0.29) is 6.61 Å². The average Bonchev–Trinajstić information content (AvgIpc) is 2.72. The third-order valence-electron chi connectivity index (χ3n) is 4.83. The fourth-order valence-corrected chi connectivity index (χ4v) is 4.20. The number of esters is 1. The fraction of sp³-hybridized carbons (Fsp3) is 0.217. The van der Waals surface area contributed by atoms with Crippen LogP contribution in [0.2, 0.25) is 0 Å². The van der Waals surface area contributed by atoms with Crippen LogP contribution in [-0.2, 0) is 19.6 Å². The number of hydrogen-bond donors (Lipinski definition) is 1. The number of anilines is 2. The van der Waals surface area contributed by atoms with Crippen LogP contribution in [0, 0.1) is 6.92 Å². The predicted octanol–water partition coefficient (Wildman–Crippen LogP) is 3.73. The molecule has 0 saturated heterocycles. The first-order chi connectivity index (χ1) is 14.7. The number of nitrogens with one attached hydrogen (secondary N) is 1. The summed E-state index contributed by atoms with van der Waals surface area (Å²) in [5.41, 5.74) is 1.73. The van der Waals surface area contributed by atoms with Gasteiger partial charge in [-0.25, -0.2) is 13.2 Å². The third-order valence-corrected chi connectivity index (χ3v) is 5.95. The highest BCUT2D eigenvalue weighted by Gasteiger charge is 2.23. The average molecular weight is 441 g/mol. The van der Waals surface area contributed by atoms with Crippen LogP contribution in [0.15, 0.2) is 60.7 Å². The van der Waals surface area contributed by atoms with Gasteiger partial charge < -0.3 is 10.1 Å². The maximum absolute atomic E-state index is 12.8. The Bertz CT molecular complexity index is 1230. The molecule has 0 saturated carbocycles. The molecule has 0 aromatic heterocycles. The third kappa shape index (κ3) is 5.03. The normalized spacial score (nSPS) is 11.2. The van der Waals surface area contributed by atoms with Crippen molar-refractivity contribution in [3.63, 3.8) is 0 Å². The van der Waals surface area contributed by atoms with Gasteiger partial charge in [0.15, 0.2) is 0 Å². The van der Waals surface area contributed by atoms with E-state index in [1.54, 1.807) is 44.2 Å². The molecular formula is C23H24N2O5S. The van der Waals surface area contributed by atoms with E-state index in [4.69, 9.17) is 4.74 Å². The van der Waals surface area contributed by atoms with Gasteiger partial charge in [-0.2, -0.15) is 0 Å². The van der Waals surface area contributed by atoms with E-state index in [0.29, 0.717) is 22.5 Å². The number of carbonyl (C=O) groups is 2. The van der Waals surface area contributed by atoms with Gasteiger partial charge in [0.25, 0.3) is 0 Å². The molecule has 7 nitrogen and oxygen atoms in total. The molecule has 31 heavy (non-hydrogen) atoms. The molecule has 0 aliphatic carbocycles. The number of carbonyl (C=O) groups excluding carboxylic acids is 2. The van der Waals surface area contributed by atoms with Crippen molar-refractivity contribution in [2.75, 3.05) is 29.0 Å². The monoisotopic (exact) mass is 440 g/mol. The zero-order chi connectivity index (χ0) is 22.6. The van der Waals surface area contributed by atoms with Crippen LogP contribution in [0.1, 0.15) is 22.8 Å². The van der Waals surface area contributed by atoms with Gasteiger partial charge in [-0.05, 0) is 43.0 Å². The Hall–Kier alpha value is -3.39. The molecule has 0 radical (unpaired) electrons. The van der Waals surface area contributed by atoms with Crippen molar-refractivity contribution in [3.05, 3.63) is 71.8 Å². The van der Waals surface area contributed by atoms with Gasteiger partial charge in [-0.3, -0.25) is 9.10 Å². The molecule has 0 unspecified atom stereocenters. The fourth-order valence-electron chi connectivity index (χ4n) is 3.33. The predicted molar refractivity (Wildman–Crippen MR) is 122 cm³/mol. The number of nitrogens with zero attached hydrogens (tertiary/aromatic N) is 1. The standard InChI is InChI=1S/C23H24N2O5S/c1-4-30-23(27)18-12-8-13-20(16(18)2)24-22(26)15-25(31(3,28)29)21-14-7-10-17-9-5-6-11-19(17)21/h5-14H,4,15H2,1-3H3,(H,24,26). The Morgan fingerprint density at radius 1 is 1.00 bits per heavy atom. The number of hydrogen-bond acceptors (Lipinski definition) is 5. The Balaban J connectivity index is 1.90. The van der Waals surface area contributed by atoms with Crippen molar-refractivity contribution < 1.29 is 22.7 Å². The van der Waals surface area contributed by atoms with Crippen LogP contribution in [0.3, 0.4) is 0 Å². The summed E-state index contributed by atoms with van der Waals surface area (Å²) in [7, 11) is -3.74. The van der Waals surface area contributed by atoms with Gasteiger partial charge in [-0.1, -0.05) is 42.5 Å². The number of amides is 1. The molecule has 0 aliphatic rings. The maximum Gasteiger partial charge on any atom is 0.338 e. The topological polar surface area (TPSA) is 92.8 Å². The van der Waals surface area contributed by atoms with Crippen molar-refractivity contribution >= 4 is 44.0 Å². The Kier molecular flexibility index (Phi) is 6.60. The van der Waals surface area contributed by atoms with E-state index < -0.39 is 28.4 Å². The van der Waals surface area contributed by atoms with Crippen LogP contribution in [0.5, 0.6) is 0 Å². The highest BCUT2D eigenvalue weighted by atomic mass is 32.2. The second-order valence-corrected chi connectivity index (χ2v) is 8.92. The number of ether oxygens (including phenoxy) is 1. The molecule has 0 heterocycles. The summed E-state index contributed by atoms with van der Waals surface area (Å²) in [5.74, 6) is -1.01.